The van der Waals surface area contributed by atoms with E-state index in [0.29, 0.717) is 5.11 Å². The van der Waals surface area contributed by atoms with Crippen molar-refractivity contribution in [3.63, 3.8) is 0 Å². The van der Waals surface area contributed by atoms with Gasteiger partial charge in [0.1, 0.15) is 0 Å². The summed E-state index contributed by atoms with van der Waals surface area (Å²) in [6.07, 6.45) is 1.78. The number of benzene rings is 1. The first kappa shape index (κ1) is 14.0. The van der Waals surface area contributed by atoms with Gasteiger partial charge in [-0.1, -0.05) is 28.1 Å². The number of nitrogens with one attached hydrogen (secondary N) is 2. The van der Waals surface area contributed by atoms with E-state index in [2.05, 4.69) is 31.5 Å². The Kier molecular flexibility index (Phi) is 4.87. The van der Waals surface area contributed by atoms with Gasteiger partial charge in [0.25, 0.3) is 0 Å². The minimum Gasteiger partial charge on any atom is -0.354 e. The van der Waals surface area contributed by atoms with Crippen molar-refractivity contribution < 1.29 is 0 Å². The Bertz CT molecular complexity index is 560. The highest BCUT2D eigenvalue weighted by molar-refractivity contribution is 9.10. The number of thiocarbonyl (C=S) groups is 1. The molecule has 2 N–H and O–H groups in total. The minimum absolute atomic E-state index is 0.0633. The lowest BCUT2D eigenvalue weighted by Gasteiger charge is -2.16. The molecule has 0 saturated heterocycles. The molecule has 1 aromatic heterocycles. The molecule has 2 rings (SSSR count). The van der Waals surface area contributed by atoms with E-state index >= 15 is 0 Å². The van der Waals surface area contributed by atoms with Gasteiger partial charge in [0.15, 0.2) is 5.11 Å². The largest absolute Gasteiger partial charge is 0.354 e. The van der Waals surface area contributed by atoms with E-state index in [1.807, 2.05) is 49.4 Å². The number of pyridine rings is 1. The third-order valence-electron chi connectivity index (χ3n) is 2.56. The second-order valence-corrected chi connectivity index (χ2v) is 5.41. The normalized spacial score (nSPS) is 11.7. The molecule has 5 heteroatoms. The maximum Gasteiger partial charge on any atom is 0.171 e. The van der Waals surface area contributed by atoms with Crippen molar-refractivity contribution in [2.75, 3.05) is 5.32 Å². The Hall–Kier alpha value is -1.46. The van der Waals surface area contributed by atoms with Gasteiger partial charge in [0.2, 0.25) is 0 Å². The van der Waals surface area contributed by atoms with Gasteiger partial charge in [-0.15, -0.1) is 0 Å². The van der Waals surface area contributed by atoms with Crippen LogP contribution in [0.1, 0.15) is 18.7 Å². The molecule has 1 atom stereocenters. The number of halogens is 1. The summed E-state index contributed by atoms with van der Waals surface area (Å²) in [7, 11) is 0. The molecule has 0 aliphatic rings. The number of nitrogens with zero attached hydrogens (tertiary/aromatic N) is 1. The minimum atomic E-state index is 0.0633. The summed E-state index contributed by atoms with van der Waals surface area (Å²) < 4.78 is 1.01. The van der Waals surface area contributed by atoms with Gasteiger partial charge >= 0.3 is 0 Å². The fraction of sp³-hybridized carbons (Fsp3) is 0.143. The first-order valence-corrected chi connectivity index (χ1v) is 7.09. The quantitative estimate of drug-likeness (QED) is 0.834. The lowest BCUT2D eigenvalue weighted by molar-refractivity contribution is 0.696. The molecule has 3 nitrogen and oxygen atoms in total. The first-order valence-electron chi connectivity index (χ1n) is 5.89. The smallest absolute Gasteiger partial charge is 0.171 e. The van der Waals surface area contributed by atoms with Gasteiger partial charge in [0, 0.05) is 16.4 Å². The number of hydrogen-bond donors (Lipinski definition) is 2. The number of rotatable bonds is 3. The van der Waals surface area contributed by atoms with Crippen LogP contribution >= 0.6 is 28.1 Å². The van der Waals surface area contributed by atoms with Crippen molar-refractivity contribution in [3.05, 3.63) is 58.8 Å². The van der Waals surface area contributed by atoms with Crippen LogP contribution in [0.3, 0.4) is 0 Å². The van der Waals surface area contributed by atoms with Gasteiger partial charge in [-0.3, -0.25) is 4.98 Å². The van der Waals surface area contributed by atoms with Crippen LogP contribution in [-0.4, -0.2) is 10.1 Å². The van der Waals surface area contributed by atoms with E-state index in [-0.39, 0.29) is 6.04 Å². The van der Waals surface area contributed by atoms with E-state index in [4.69, 9.17) is 12.2 Å². The maximum atomic E-state index is 5.29. The number of aromatic nitrogens is 1. The molecule has 0 spiro atoms. The van der Waals surface area contributed by atoms with Crippen LogP contribution < -0.4 is 10.6 Å². The van der Waals surface area contributed by atoms with Gasteiger partial charge < -0.3 is 10.6 Å². The second-order valence-electron chi connectivity index (χ2n) is 4.09. The summed E-state index contributed by atoms with van der Waals surface area (Å²) in [5, 5.41) is 6.93. The Morgan fingerprint density at radius 2 is 2.11 bits per heavy atom. The van der Waals surface area contributed by atoms with Crippen LogP contribution in [-0.2, 0) is 0 Å². The SMILES string of the molecule is C[C@@H](NC(=S)Nc1cccc(Br)c1)c1ccccn1. The highest BCUT2D eigenvalue weighted by Crippen LogP contribution is 2.16. The van der Waals surface area contributed by atoms with Crippen LogP contribution in [0.4, 0.5) is 5.69 Å². The van der Waals surface area contributed by atoms with Crippen molar-refractivity contribution in [2.24, 2.45) is 0 Å². The Balaban J connectivity index is 1.95. The molecule has 0 aliphatic carbocycles. The van der Waals surface area contributed by atoms with E-state index in [1.165, 1.54) is 0 Å². The summed E-state index contributed by atoms with van der Waals surface area (Å²) in [6, 6.07) is 13.8. The standard InChI is InChI=1S/C14H14BrN3S/c1-10(13-7-2-3-8-16-13)17-14(19)18-12-6-4-5-11(15)9-12/h2-10H,1H3,(H2,17,18,19)/t10-/m1/s1. The summed E-state index contributed by atoms with van der Waals surface area (Å²) in [6.45, 7) is 2.03. The molecule has 0 unspecified atom stereocenters. The Morgan fingerprint density at radius 1 is 1.26 bits per heavy atom. The lowest BCUT2D eigenvalue weighted by atomic mass is 10.2. The van der Waals surface area contributed by atoms with Crippen molar-refractivity contribution in [3.8, 4) is 0 Å². The molecule has 0 saturated carbocycles. The maximum absolute atomic E-state index is 5.29. The zero-order valence-electron chi connectivity index (χ0n) is 10.4. The topological polar surface area (TPSA) is 37.0 Å². The third-order valence-corrected chi connectivity index (χ3v) is 3.27. The first-order chi connectivity index (χ1) is 9.15. The highest BCUT2D eigenvalue weighted by atomic mass is 79.9. The number of anilines is 1. The Morgan fingerprint density at radius 3 is 2.79 bits per heavy atom. The predicted octanol–water partition coefficient (Wildman–Crippen LogP) is 3.89. The van der Waals surface area contributed by atoms with Crippen LogP contribution in [0, 0.1) is 0 Å². The number of hydrogen-bond acceptors (Lipinski definition) is 2. The zero-order valence-corrected chi connectivity index (χ0v) is 12.8. The van der Waals surface area contributed by atoms with Crippen molar-refractivity contribution in [2.45, 2.75) is 13.0 Å². The molecule has 0 fully saturated rings. The third kappa shape index (κ3) is 4.29. The molecule has 0 amide bonds. The van der Waals surface area contributed by atoms with Crippen molar-refractivity contribution >= 4 is 38.9 Å². The molecule has 0 bridgehead atoms. The van der Waals surface area contributed by atoms with E-state index in [0.717, 1.165) is 15.9 Å². The zero-order chi connectivity index (χ0) is 13.7. The van der Waals surface area contributed by atoms with Crippen LogP contribution in [0.15, 0.2) is 53.1 Å². The molecule has 2 aromatic rings. The Labute approximate surface area is 126 Å². The summed E-state index contributed by atoms with van der Waals surface area (Å²) in [4.78, 5) is 4.30. The molecule has 0 radical (unpaired) electrons. The van der Waals surface area contributed by atoms with E-state index in [1.54, 1.807) is 6.20 Å². The highest BCUT2D eigenvalue weighted by Gasteiger charge is 2.07. The molecular formula is C14H14BrN3S. The predicted molar refractivity (Wildman–Crippen MR) is 86.2 cm³/mol. The van der Waals surface area contributed by atoms with E-state index < -0.39 is 0 Å². The average molecular weight is 336 g/mol. The van der Waals surface area contributed by atoms with Crippen LogP contribution in [0.25, 0.3) is 0 Å². The average Bonchev–Trinajstić information content (AvgIpc) is 2.39. The summed E-state index contributed by atoms with van der Waals surface area (Å²) >= 11 is 8.72. The second kappa shape index (κ2) is 6.63. The fourth-order valence-electron chi connectivity index (χ4n) is 1.64. The molecule has 98 valence electrons. The van der Waals surface area contributed by atoms with Gasteiger partial charge in [0.05, 0.1) is 11.7 Å². The monoisotopic (exact) mass is 335 g/mol. The van der Waals surface area contributed by atoms with Crippen LogP contribution in [0.5, 0.6) is 0 Å². The molecular weight excluding hydrogens is 322 g/mol. The van der Waals surface area contributed by atoms with Gasteiger partial charge in [-0.25, -0.2) is 0 Å². The van der Waals surface area contributed by atoms with Crippen molar-refractivity contribution in [1.82, 2.24) is 10.3 Å². The summed E-state index contributed by atoms with van der Waals surface area (Å²) in [5.41, 5.74) is 1.90. The van der Waals surface area contributed by atoms with Gasteiger partial charge in [-0.05, 0) is 49.5 Å². The molecule has 1 aromatic carbocycles. The van der Waals surface area contributed by atoms with E-state index in [9.17, 15) is 0 Å². The lowest BCUT2D eigenvalue weighted by Crippen LogP contribution is -2.31. The summed E-state index contributed by atoms with van der Waals surface area (Å²) in [5.74, 6) is 0. The molecule has 1 heterocycles. The van der Waals surface area contributed by atoms with Crippen molar-refractivity contribution in [1.29, 1.82) is 0 Å². The van der Waals surface area contributed by atoms with Gasteiger partial charge in [-0.2, -0.15) is 0 Å². The molecule has 19 heavy (non-hydrogen) atoms. The fourth-order valence-corrected chi connectivity index (χ4v) is 2.33. The van der Waals surface area contributed by atoms with Crippen LogP contribution in [0.2, 0.25) is 0 Å². The molecule has 0 aliphatic heterocycles.